The molecule has 1 unspecified atom stereocenters. The Kier molecular flexibility index (Phi) is 4.34. The highest BCUT2D eigenvalue weighted by Crippen LogP contribution is 2.20. The van der Waals surface area contributed by atoms with Crippen LogP contribution < -0.4 is 5.32 Å². The van der Waals surface area contributed by atoms with Gasteiger partial charge in [-0.3, -0.25) is 0 Å². The third kappa shape index (κ3) is 3.33. The molecule has 0 aliphatic carbocycles. The molecule has 0 radical (unpaired) electrons. The fourth-order valence-corrected chi connectivity index (χ4v) is 2.91. The van der Waals surface area contributed by atoms with Crippen LogP contribution in [0.4, 0.5) is 10.2 Å². The molecule has 0 amide bonds. The molecule has 2 rings (SSSR count). The lowest BCUT2D eigenvalue weighted by Gasteiger charge is -2.14. The normalized spacial score (nSPS) is 12.2. The molecule has 0 aliphatic heterocycles. The summed E-state index contributed by atoms with van der Waals surface area (Å²) < 4.78 is 13.9. The number of aromatic nitrogens is 1. The van der Waals surface area contributed by atoms with Gasteiger partial charge < -0.3 is 10.4 Å². The number of aromatic carboxylic acids is 1. The van der Waals surface area contributed by atoms with Crippen molar-refractivity contribution < 1.29 is 14.3 Å². The van der Waals surface area contributed by atoms with Gasteiger partial charge in [-0.1, -0.05) is 0 Å². The number of pyridine rings is 1. The lowest BCUT2D eigenvalue weighted by molar-refractivity contribution is 0.0692. The summed E-state index contributed by atoms with van der Waals surface area (Å²) >= 11 is 1.69. The van der Waals surface area contributed by atoms with Crippen LogP contribution >= 0.6 is 11.3 Å². The highest BCUT2D eigenvalue weighted by atomic mass is 32.1. The molecule has 0 bridgehead atoms. The second kappa shape index (κ2) is 6.00. The third-order valence-corrected chi connectivity index (χ3v) is 3.83. The number of carboxylic acids is 1. The standard InChI is InChI=1S/C14H15FN2O2S/c1-8(7-10-4-3-9(2)20-10)17-13-12(15)11(14(18)19)5-6-16-13/h3-6,8H,7H2,1-2H3,(H,16,17)(H,18,19). The van der Waals surface area contributed by atoms with Crippen LogP contribution in [-0.2, 0) is 6.42 Å². The van der Waals surface area contributed by atoms with Crippen molar-refractivity contribution in [1.29, 1.82) is 0 Å². The van der Waals surface area contributed by atoms with Crippen molar-refractivity contribution in [3.8, 4) is 0 Å². The zero-order valence-corrected chi connectivity index (χ0v) is 12.0. The molecule has 20 heavy (non-hydrogen) atoms. The lowest BCUT2D eigenvalue weighted by atomic mass is 10.2. The average Bonchev–Trinajstić information content (AvgIpc) is 2.77. The predicted molar refractivity (Wildman–Crippen MR) is 77.0 cm³/mol. The molecule has 0 fully saturated rings. The zero-order chi connectivity index (χ0) is 14.7. The predicted octanol–water partition coefficient (Wildman–Crippen LogP) is 3.33. The SMILES string of the molecule is Cc1ccc(CC(C)Nc2nccc(C(=O)O)c2F)s1. The number of hydrogen-bond acceptors (Lipinski definition) is 4. The number of rotatable bonds is 5. The van der Waals surface area contributed by atoms with Gasteiger partial charge in [-0.25, -0.2) is 14.2 Å². The Hall–Kier alpha value is -1.95. The number of nitrogens with zero attached hydrogens (tertiary/aromatic N) is 1. The largest absolute Gasteiger partial charge is 0.478 e. The van der Waals surface area contributed by atoms with E-state index in [1.54, 1.807) is 11.3 Å². The molecule has 4 nitrogen and oxygen atoms in total. The van der Waals surface area contributed by atoms with Crippen molar-refractivity contribution in [1.82, 2.24) is 4.98 Å². The first-order chi connectivity index (χ1) is 9.47. The number of carboxylic acid groups (broad SMARTS) is 1. The molecule has 2 aromatic heterocycles. The Bertz CT molecular complexity index is 627. The summed E-state index contributed by atoms with van der Waals surface area (Å²) in [6.45, 7) is 3.94. The Morgan fingerprint density at radius 3 is 2.85 bits per heavy atom. The second-order valence-electron chi connectivity index (χ2n) is 4.59. The molecule has 1 atom stereocenters. The van der Waals surface area contributed by atoms with Crippen molar-refractivity contribution in [2.75, 3.05) is 5.32 Å². The third-order valence-electron chi connectivity index (χ3n) is 2.81. The van der Waals surface area contributed by atoms with E-state index in [9.17, 15) is 9.18 Å². The summed E-state index contributed by atoms with van der Waals surface area (Å²) in [5.74, 6) is -2.14. The van der Waals surface area contributed by atoms with E-state index in [0.29, 0.717) is 0 Å². The summed E-state index contributed by atoms with van der Waals surface area (Å²) in [6.07, 6.45) is 2.02. The van der Waals surface area contributed by atoms with Crippen LogP contribution in [0.1, 0.15) is 27.0 Å². The van der Waals surface area contributed by atoms with E-state index in [0.717, 1.165) is 12.5 Å². The Labute approximate surface area is 120 Å². The summed E-state index contributed by atoms with van der Waals surface area (Å²) in [6, 6.07) is 5.18. The zero-order valence-electron chi connectivity index (χ0n) is 11.2. The number of halogens is 1. The topological polar surface area (TPSA) is 62.2 Å². The molecular weight excluding hydrogens is 279 g/mol. The van der Waals surface area contributed by atoms with Crippen molar-refractivity contribution >= 4 is 23.1 Å². The fourth-order valence-electron chi connectivity index (χ4n) is 1.89. The quantitative estimate of drug-likeness (QED) is 0.888. The summed E-state index contributed by atoms with van der Waals surface area (Å²) in [4.78, 5) is 17.1. The minimum Gasteiger partial charge on any atom is -0.478 e. The second-order valence-corrected chi connectivity index (χ2v) is 5.96. The summed E-state index contributed by atoms with van der Waals surface area (Å²) in [7, 11) is 0. The summed E-state index contributed by atoms with van der Waals surface area (Å²) in [5, 5.41) is 11.8. The fraction of sp³-hybridized carbons (Fsp3) is 0.286. The van der Waals surface area contributed by atoms with Crippen molar-refractivity contribution in [3.63, 3.8) is 0 Å². The molecule has 0 saturated carbocycles. The number of aryl methyl sites for hydroxylation is 1. The molecule has 0 aromatic carbocycles. The van der Waals surface area contributed by atoms with Gasteiger partial charge in [-0.2, -0.15) is 0 Å². The Balaban J connectivity index is 2.09. The van der Waals surface area contributed by atoms with E-state index >= 15 is 0 Å². The molecule has 2 N–H and O–H groups in total. The molecule has 2 aromatic rings. The van der Waals surface area contributed by atoms with E-state index in [1.807, 2.05) is 26.0 Å². The number of anilines is 1. The van der Waals surface area contributed by atoms with Gasteiger partial charge in [0, 0.05) is 28.4 Å². The maximum Gasteiger partial charge on any atom is 0.338 e. The molecule has 2 heterocycles. The van der Waals surface area contributed by atoms with Crippen LogP contribution in [-0.4, -0.2) is 22.1 Å². The lowest BCUT2D eigenvalue weighted by Crippen LogP contribution is -2.20. The van der Waals surface area contributed by atoms with Crippen molar-refractivity contribution in [3.05, 3.63) is 45.5 Å². The summed E-state index contributed by atoms with van der Waals surface area (Å²) in [5.41, 5.74) is -0.373. The van der Waals surface area contributed by atoms with Gasteiger partial charge in [0.15, 0.2) is 11.6 Å². The molecule has 0 saturated heterocycles. The maximum atomic E-state index is 13.9. The van der Waals surface area contributed by atoms with E-state index in [4.69, 9.17) is 5.11 Å². The van der Waals surface area contributed by atoms with Crippen LogP contribution in [0.15, 0.2) is 24.4 Å². The van der Waals surface area contributed by atoms with E-state index in [1.165, 1.54) is 16.0 Å². The van der Waals surface area contributed by atoms with Crippen molar-refractivity contribution in [2.24, 2.45) is 0 Å². The molecule has 6 heteroatoms. The minimum atomic E-state index is -1.30. The first kappa shape index (κ1) is 14.5. The van der Waals surface area contributed by atoms with Crippen LogP contribution in [0.25, 0.3) is 0 Å². The van der Waals surface area contributed by atoms with Gasteiger partial charge in [0.1, 0.15) is 5.56 Å². The Morgan fingerprint density at radius 1 is 1.50 bits per heavy atom. The molecule has 0 spiro atoms. The number of thiophene rings is 1. The highest BCUT2D eigenvalue weighted by molar-refractivity contribution is 7.11. The number of nitrogens with one attached hydrogen (secondary N) is 1. The average molecular weight is 294 g/mol. The van der Waals surface area contributed by atoms with Gasteiger partial charge in [0.2, 0.25) is 0 Å². The molecule has 106 valence electrons. The van der Waals surface area contributed by atoms with Gasteiger partial charge in [-0.15, -0.1) is 11.3 Å². The van der Waals surface area contributed by atoms with Gasteiger partial charge in [0.05, 0.1) is 0 Å². The van der Waals surface area contributed by atoms with Crippen molar-refractivity contribution in [2.45, 2.75) is 26.3 Å². The van der Waals surface area contributed by atoms with Crippen LogP contribution in [0.5, 0.6) is 0 Å². The highest BCUT2D eigenvalue weighted by Gasteiger charge is 2.16. The van der Waals surface area contributed by atoms with Gasteiger partial charge in [-0.05, 0) is 32.0 Å². The monoisotopic (exact) mass is 294 g/mol. The Morgan fingerprint density at radius 2 is 2.25 bits per heavy atom. The smallest absolute Gasteiger partial charge is 0.338 e. The van der Waals surface area contributed by atoms with Crippen LogP contribution in [0, 0.1) is 12.7 Å². The van der Waals surface area contributed by atoms with E-state index < -0.39 is 11.8 Å². The van der Waals surface area contributed by atoms with E-state index in [2.05, 4.69) is 10.3 Å². The van der Waals surface area contributed by atoms with Gasteiger partial charge >= 0.3 is 5.97 Å². The van der Waals surface area contributed by atoms with Gasteiger partial charge in [0.25, 0.3) is 0 Å². The van der Waals surface area contributed by atoms with E-state index in [-0.39, 0.29) is 17.4 Å². The molecule has 0 aliphatic rings. The van der Waals surface area contributed by atoms with Crippen LogP contribution in [0.3, 0.4) is 0 Å². The number of hydrogen-bond donors (Lipinski definition) is 2. The molecular formula is C14H15FN2O2S. The maximum absolute atomic E-state index is 13.9. The first-order valence-corrected chi connectivity index (χ1v) is 6.98. The van der Waals surface area contributed by atoms with Crippen LogP contribution in [0.2, 0.25) is 0 Å². The first-order valence-electron chi connectivity index (χ1n) is 6.17. The number of carbonyl (C=O) groups is 1. The minimum absolute atomic E-state index is 0.0225.